The van der Waals surface area contributed by atoms with E-state index >= 15 is 0 Å². The molecule has 2 aromatic carbocycles. The van der Waals surface area contributed by atoms with E-state index < -0.39 is 0 Å². The van der Waals surface area contributed by atoms with Gasteiger partial charge in [0.25, 0.3) is 5.91 Å². The lowest BCUT2D eigenvalue weighted by Gasteiger charge is -2.19. The fraction of sp³-hybridized carbons (Fsp3) is 0.316. The average Bonchev–Trinajstić information content (AvgIpc) is 2.47. The largest absolute Gasteiger partial charge is 0.348 e. The topological polar surface area (TPSA) is 29.1 Å². The summed E-state index contributed by atoms with van der Waals surface area (Å²) in [5, 5.41) is 2.81. The second kappa shape index (κ2) is 6.30. The SMILES string of the molecule is Cc1ccc(CNC(=O)c2ccc(C(C)(C)C)cc2)cc1F. The van der Waals surface area contributed by atoms with Crippen LogP contribution in [0.4, 0.5) is 4.39 Å². The lowest BCUT2D eigenvalue weighted by atomic mass is 9.87. The van der Waals surface area contributed by atoms with Crippen molar-refractivity contribution >= 4 is 5.91 Å². The Labute approximate surface area is 131 Å². The molecule has 0 aliphatic heterocycles. The molecule has 0 heterocycles. The zero-order chi connectivity index (χ0) is 16.3. The van der Waals surface area contributed by atoms with E-state index in [1.54, 1.807) is 13.0 Å². The van der Waals surface area contributed by atoms with Crippen molar-refractivity contribution in [2.75, 3.05) is 0 Å². The molecule has 0 saturated carbocycles. The maximum absolute atomic E-state index is 13.5. The number of nitrogens with one attached hydrogen (secondary N) is 1. The molecular weight excluding hydrogens is 277 g/mol. The van der Waals surface area contributed by atoms with Crippen molar-refractivity contribution in [3.05, 3.63) is 70.5 Å². The van der Waals surface area contributed by atoms with Gasteiger partial charge in [-0.25, -0.2) is 4.39 Å². The minimum absolute atomic E-state index is 0.0639. The number of carbonyl (C=O) groups excluding carboxylic acids is 1. The summed E-state index contributed by atoms with van der Waals surface area (Å²) in [4.78, 5) is 12.1. The van der Waals surface area contributed by atoms with Crippen LogP contribution in [-0.4, -0.2) is 5.91 Å². The van der Waals surface area contributed by atoms with Gasteiger partial charge in [-0.2, -0.15) is 0 Å². The fourth-order valence-electron chi connectivity index (χ4n) is 2.15. The number of carbonyl (C=O) groups is 1. The zero-order valence-corrected chi connectivity index (χ0v) is 13.5. The van der Waals surface area contributed by atoms with Crippen LogP contribution in [0.1, 0.15) is 47.8 Å². The van der Waals surface area contributed by atoms with E-state index in [-0.39, 0.29) is 17.1 Å². The van der Waals surface area contributed by atoms with Crippen LogP contribution in [0, 0.1) is 12.7 Å². The minimum atomic E-state index is -0.249. The summed E-state index contributed by atoms with van der Waals surface area (Å²) < 4.78 is 13.5. The van der Waals surface area contributed by atoms with Crippen molar-refractivity contribution in [2.24, 2.45) is 0 Å². The van der Waals surface area contributed by atoms with Gasteiger partial charge in [0, 0.05) is 12.1 Å². The highest BCUT2D eigenvalue weighted by atomic mass is 19.1. The molecule has 0 saturated heterocycles. The second-order valence-electron chi connectivity index (χ2n) is 6.59. The maximum atomic E-state index is 13.5. The number of hydrogen-bond donors (Lipinski definition) is 1. The van der Waals surface area contributed by atoms with Crippen LogP contribution < -0.4 is 5.32 Å². The molecule has 0 fully saturated rings. The van der Waals surface area contributed by atoms with Crippen molar-refractivity contribution in [3.63, 3.8) is 0 Å². The number of benzene rings is 2. The Morgan fingerprint density at radius 3 is 2.27 bits per heavy atom. The van der Waals surface area contributed by atoms with E-state index in [1.165, 1.54) is 11.6 Å². The van der Waals surface area contributed by atoms with Crippen molar-refractivity contribution in [1.82, 2.24) is 5.32 Å². The van der Waals surface area contributed by atoms with Crippen LogP contribution in [0.3, 0.4) is 0 Å². The van der Waals surface area contributed by atoms with Crippen LogP contribution in [-0.2, 0) is 12.0 Å². The smallest absolute Gasteiger partial charge is 0.251 e. The first-order valence-corrected chi connectivity index (χ1v) is 7.41. The summed E-state index contributed by atoms with van der Waals surface area (Å²) >= 11 is 0. The van der Waals surface area contributed by atoms with E-state index in [2.05, 4.69) is 26.1 Å². The van der Waals surface area contributed by atoms with Crippen molar-refractivity contribution in [1.29, 1.82) is 0 Å². The van der Waals surface area contributed by atoms with Crippen LogP contribution in [0.15, 0.2) is 42.5 Å². The maximum Gasteiger partial charge on any atom is 0.251 e. The summed E-state index contributed by atoms with van der Waals surface area (Å²) in [6, 6.07) is 12.6. The molecule has 116 valence electrons. The summed E-state index contributed by atoms with van der Waals surface area (Å²) in [5.74, 6) is -0.400. The predicted molar refractivity (Wildman–Crippen MR) is 87.4 cm³/mol. The van der Waals surface area contributed by atoms with E-state index in [0.717, 1.165) is 5.56 Å². The average molecular weight is 299 g/mol. The van der Waals surface area contributed by atoms with E-state index in [1.807, 2.05) is 30.3 Å². The number of aryl methyl sites for hydroxylation is 1. The van der Waals surface area contributed by atoms with Gasteiger partial charge in [0.1, 0.15) is 5.82 Å². The van der Waals surface area contributed by atoms with E-state index in [0.29, 0.717) is 17.7 Å². The van der Waals surface area contributed by atoms with Crippen LogP contribution >= 0.6 is 0 Å². The summed E-state index contributed by atoms with van der Waals surface area (Å²) in [6.45, 7) is 8.43. The van der Waals surface area contributed by atoms with Gasteiger partial charge >= 0.3 is 0 Å². The molecule has 0 atom stereocenters. The third-order valence-electron chi connectivity index (χ3n) is 3.70. The molecule has 0 bridgehead atoms. The highest BCUT2D eigenvalue weighted by molar-refractivity contribution is 5.94. The van der Waals surface area contributed by atoms with E-state index in [9.17, 15) is 9.18 Å². The fourth-order valence-corrected chi connectivity index (χ4v) is 2.15. The Morgan fingerprint density at radius 2 is 1.73 bits per heavy atom. The summed E-state index contributed by atoms with van der Waals surface area (Å²) in [6.07, 6.45) is 0. The third-order valence-corrected chi connectivity index (χ3v) is 3.70. The van der Waals surface area contributed by atoms with Crippen molar-refractivity contribution in [2.45, 2.75) is 39.7 Å². The highest BCUT2D eigenvalue weighted by Gasteiger charge is 2.14. The molecule has 1 amide bonds. The first-order chi connectivity index (χ1) is 10.3. The molecule has 2 rings (SSSR count). The first kappa shape index (κ1) is 16.2. The first-order valence-electron chi connectivity index (χ1n) is 7.41. The number of amides is 1. The normalized spacial score (nSPS) is 11.3. The molecule has 3 heteroatoms. The Bertz CT molecular complexity index is 669. The molecule has 1 N–H and O–H groups in total. The molecule has 2 nitrogen and oxygen atoms in total. The molecule has 0 spiro atoms. The Kier molecular flexibility index (Phi) is 4.65. The standard InChI is InChI=1S/C19H22FNO/c1-13-5-6-14(11-17(13)20)12-21-18(22)15-7-9-16(10-8-15)19(2,3)4/h5-11H,12H2,1-4H3,(H,21,22). The number of rotatable bonds is 3. The van der Waals surface area contributed by atoms with Crippen molar-refractivity contribution in [3.8, 4) is 0 Å². The van der Waals surface area contributed by atoms with Crippen LogP contribution in [0.2, 0.25) is 0 Å². The monoisotopic (exact) mass is 299 g/mol. The van der Waals surface area contributed by atoms with Gasteiger partial charge in [-0.05, 0) is 47.2 Å². The molecule has 2 aromatic rings. The number of hydrogen-bond acceptors (Lipinski definition) is 1. The predicted octanol–water partition coefficient (Wildman–Crippen LogP) is 4.36. The molecule has 0 aromatic heterocycles. The lowest BCUT2D eigenvalue weighted by molar-refractivity contribution is 0.0951. The quantitative estimate of drug-likeness (QED) is 0.896. The lowest BCUT2D eigenvalue weighted by Crippen LogP contribution is -2.23. The van der Waals surface area contributed by atoms with Gasteiger partial charge in [0.15, 0.2) is 0 Å². The minimum Gasteiger partial charge on any atom is -0.348 e. The van der Waals surface area contributed by atoms with Gasteiger partial charge in [0.2, 0.25) is 0 Å². The Morgan fingerprint density at radius 1 is 1.09 bits per heavy atom. The molecule has 22 heavy (non-hydrogen) atoms. The van der Waals surface area contributed by atoms with Crippen molar-refractivity contribution < 1.29 is 9.18 Å². The van der Waals surface area contributed by atoms with E-state index in [4.69, 9.17) is 0 Å². The Hall–Kier alpha value is -2.16. The highest BCUT2D eigenvalue weighted by Crippen LogP contribution is 2.22. The second-order valence-corrected chi connectivity index (χ2v) is 6.59. The van der Waals surface area contributed by atoms with Gasteiger partial charge in [-0.3, -0.25) is 4.79 Å². The molecule has 0 unspecified atom stereocenters. The zero-order valence-electron chi connectivity index (χ0n) is 13.5. The molecule has 0 radical (unpaired) electrons. The summed E-state index contributed by atoms with van der Waals surface area (Å²) in [7, 11) is 0. The van der Waals surface area contributed by atoms with Gasteiger partial charge < -0.3 is 5.32 Å². The van der Waals surface area contributed by atoms with Crippen LogP contribution in [0.25, 0.3) is 0 Å². The summed E-state index contributed by atoms with van der Waals surface area (Å²) in [5.41, 5.74) is 3.22. The van der Waals surface area contributed by atoms with Gasteiger partial charge in [0.05, 0.1) is 0 Å². The third kappa shape index (κ3) is 3.94. The molecule has 0 aliphatic carbocycles. The molecular formula is C19H22FNO. The van der Waals surface area contributed by atoms with Gasteiger partial charge in [-0.15, -0.1) is 0 Å². The Balaban J connectivity index is 2.01. The van der Waals surface area contributed by atoms with Crippen LogP contribution in [0.5, 0.6) is 0 Å². The number of halogens is 1. The van der Waals surface area contributed by atoms with Gasteiger partial charge in [-0.1, -0.05) is 45.0 Å². The molecule has 0 aliphatic rings.